The smallest absolute Gasteiger partial charge is 0.348 e. The molecule has 0 aliphatic carbocycles. The number of hydrogen-bond acceptors (Lipinski definition) is 7. The minimum Gasteiger partial charge on any atom is -0.465 e. The third kappa shape index (κ3) is 4.57. The van der Waals surface area contributed by atoms with Crippen molar-refractivity contribution >= 4 is 57.5 Å². The van der Waals surface area contributed by atoms with Crippen molar-refractivity contribution in [1.29, 1.82) is 0 Å². The number of halogens is 1. The molecule has 0 aliphatic rings. The second-order valence-corrected chi connectivity index (χ2v) is 7.46. The Balaban J connectivity index is 2.19. The molecule has 0 radical (unpaired) electrons. The highest BCUT2D eigenvalue weighted by Gasteiger charge is 2.26. The number of methoxy groups -OCH3 is 2. The molecule has 0 saturated carbocycles. The summed E-state index contributed by atoms with van der Waals surface area (Å²) in [5, 5.41) is 3.47. The van der Waals surface area contributed by atoms with Crippen molar-refractivity contribution in [2.24, 2.45) is 0 Å². The summed E-state index contributed by atoms with van der Waals surface area (Å²) in [6.45, 7) is 1.60. The van der Waals surface area contributed by atoms with Crippen LogP contribution in [0.25, 0.3) is 0 Å². The van der Waals surface area contributed by atoms with Gasteiger partial charge in [-0.2, -0.15) is 0 Å². The molecule has 26 heavy (non-hydrogen) atoms. The fourth-order valence-corrected chi connectivity index (χ4v) is 4.27. The number of carbonyl (C=O) groups excluding carboxylic acids is 3. The second kappa shape index (κ2) is 9.07. The fourth-order valence-electron chi connectivity index (χ4n) is 2.10. The second-order valence-electron chi connectivity index (χ2n) is 5.01. The number of ether oxygens (including phenoxy) is 2. The van der Waals surface area contributed by atoms with Crippen molar-refractivity contribution < 1.29 is 23.9 Å². The van der Waals surface area contributed by atoms with Crippen LogP contribution in [0.1, 0.15) is 25.6 Å². The number of nitrogens with one attached hydrogen (secondary N) is 1. The number of amides is 1. The van der Waals surface area contributed by atoms with Crippen molar-refractivity contribution in [2.75, 3.05) is 25.3 Å². The number of rotatable bonds is 6. The van der Waals surface area contributed by atoms with E-state index in [1.54, 1.807) is 19.1 Å². The summed E-state index contributed by atoms with van der Waals surface area (Å²) in [6, 6.07) is 7.18. The molecule has 1 amide bonds. The lowest BCUT2D eigenvalue weighted by atomic mass is 10.1. The Kier molecular flexibility index (Phi) is 7.07. The average Bonchev–Trinajstić information content (AvgIpc) is 2.95. The van der Waals surface area contributed by atoms with Gasteiger partial charge in [-0.25, -0.2) is 9.59 Å². The number of thioether (sulfide) groups is 1. The third-order valence-electron chi connectivity index (χ3n) is 3.36. The molecule has 1 aromatic carbocycles. The Morgan fingerprint density at radius 3 is 2.42 bits per heavy atom. The Bertz CT molecular complexity index is 850. The van der Waals surface area contributed by atoms with Gasteiger partial charge in [0.15, 0.2) is 0 Å². The molecule has 0 bridgehead atoms. The number of esters is 2. The first kappa shape index (κ1) is 20.3. The first-order chi connectivity index (χ1) is 12.4. The third-order valence-corrected chi connectivity index (χ3v) is 6.06. The van der Waals surface area contributed by atoms with Crippen LogP contribution < -0.4 is 5.32 Å². The molecular formula is C17H16ClNO5S2. The molecule has 1 N–H and O–H groups in total. The molecule has 9 heteroatoms. The van der Waals surface area contributed by atoms with Crippen molar-refractivity contribution in [1.82, 2.24) is 0 Å². The van der Waals surface area contributed by atoms with Crippen LogP contribution in [0, 0.1) is 6.92 Å². The maximum atomic E-state index is 12.3. The summed E-state index contributed by atoms with van der Waals surface area (Å²) in [4.78, 5) is 37.2. The number of anilines is 1. The first-order valence-corrected chi connectivity index (χ1v) is 9.54. The van der Waals surface area contributed by atoms with Gasteiger partial charge in [0.25, 0.3) is 0 Å². The highest BCUT2D eigenvalue weighted by atomic mass is 35.5. The number of thiophene rings is 1. The van der Waals surface area contributed by atoms with Gasteiger partial charge in [0.2, 0.25) is 5.91 Å². The topological polar surface area (TPSA) is 81.7 Å². The Hall–Kier alpha value is -2.03. The Labute approximate surface area is 163 Å². The molecule has 0 unspecified atom stereocenters. The molecule has 1 heterocycles. The SMILES string of the molecule is COC(=O)c1sc(NC(=O)CSc2ccccc2Cl)c(C(=O)OC)c1C. The van der Waals surface area contributed by atoms with Crippen molar-refractivity contribution in [3.05, 3.63) is 45.3 Å². The number of carbonyl (C=O) groups is 3. The van der Waals surface area contributed by atoms with Gasteiger partial charge in [-0.05, 0) is 24.6 Å². The molecule has 2 aromatic rings. The van der Waals surface area contributed by atoms with Crippen LogP contribution in [0.2, 0.25) is 5.02 Å². The summed E-state index contributed by atoms with van der Waals surface area (Å²) in [6.07, 6.45) is 0. The summed E-state index contributed by atoms with van der Waals surface area (Å²) in [7, 11) is 2.48. The lowest BCUT2D eigenvalue weighted by molar-refractivity contribution is -0.113. The van der Waals surface area contributed by atoms with Crippen molar-refractivity contribution in [2.45, 2.75) is 11.8 Å². The van der Waals surface area contributed by atoms with Gasteiger partial charge in [0.05, 0.1) is 30.6 Å². The first-order valence-electron chi connectivity index (χ1n) is 7.36. The molecule has 0 aliphatic heterocycles. The number of hydrogen-bond donors (Lipinski definition) is 1. The zero-order valence-corrected chi connectivity index (χ0v) is 16.6. The lowest BCUT2D eigenvalue weighted by Gasteiger charge is -2.07. The zero-order valence-electron chi connectivity index (χ0n) is 14.3. The highest BCUT2D eigenvalue weighted by molar-refractivity contribution is 8.00. The van der Waals surface area contributed by atoms with E-state index in [2.05, 4.69) is 5.32 Å². The largest absolute Gasteiger partial charge is 0.465 e. The maximum Gasteiger partial charge on any atom is 0.348 e. The highest BCUT2D eigenvalue weighted by Crippen LogP contribution is 2.34. The van der Waals surface area contributed by atoms with E-state index < -0.39 is 11.9 Å². The predicted molar refractivity (Wildman–Crippen MR) is 103 cm³/mol. The van der Waals surface area contributed by atoms with Crippen LogP contribution in [0.4, 0.5) is 5.00 Å². The van der Waals surface area contributed by atoms with E-state index in [1.165, 1.54) is 26.0 Å². The molecule has 2 rings (SSSR count). The van der Waals surface area contributed by atoms with E-state index in [-0.39, 0.29) is 27.1 Å². The fraction of sp³-hybridized carbons (Fsp3) is 0.235. The quantitative estimate of drug-likeness (QED) is 0.569. The zero-order chi connectivity index (χ0) is 19.3. The minimum atomic E-state index is -0.636. The average molecular weight is 414 g/mol. The van der Waals surface area contributed by atoms with E-state index >= 15 is 0 Å². The van der Waals surface area contributed by atoms with Crippen LogP contribution in [0.15, 0.2) is 29.2 Å². The van der Waals surface area contributed by atoms with Crippen molar-refractivity contribution in [3.8, 4) is 0 Å². The Morgan fingerprint density at radius 2 is 1.81 bits per heavy atom. The van der Waals surface area contributed by atoms with Gasteiger partial charge < -0.3 is 14.8 Å². The van der Waals surface area contributed by atoms with E-state index in [1.807, 2.05) is 12.1 Å². The molecule has 1 aromatic heterocycles. The number of benzene rings is 1. The minimum absolute atomic E-state index is 0.0921. The summed E-state index contributed by atoms with van der Waals surface area (Å²) >= 11 is 8.31. The van der Waals surface area contributed by atoms with Crippen LogP contribution >= 0.6 is 34.7 Å². The van der Waals surface area contributed by atoms with Gasteiger partial charge in [-0.3, -0.25) is 4.79 Å². The van der Waals surface area contributed by atoms with E-state index in [0.717, 1.165) is 16.2 Å². The van der Waals surface area contributed by atoms with E-state index in [9.17, 15) is 14.4 Å². The summed E-state index contributed by atoms with van der Waals surface area (Å²) in [5.74, 6) is -1.46. The Morgan fingerprint density at radius 1 is 1.15 bits per heavy atom. The monoisotopic (exact) mass is 413 g/mol. The van der Waals surface area contributed by atoms with Gasteiger partial charge in [0, 0.05) is 4.90 Å². The van der Waals surface area contributed by atoms with Crippen molar-refractivity contribution in [3.63, 3.8) is 0 Å². The molecule has 6 nitrogen and oxygen atoms in total. The molecule has 0 atom stereocenters. The van der Waals surface area contributed by atoms with Gasteiger partial charge >= 0.3 is 11.9 Å². The molecule has 138 valence electrons. The molecule has 0 spiro atoms. The van der Waals surface area contributed by atoms with Crippen LogP contribution in [-0.2, 0) is 14.3 Å². The van der Waals surface area contributed by atoms with Gasteiger partial charge in [-0.1, -0.05) is 23.7 Å². The van der Waals surface area contributed by atoms with E-state index in [0.29, 0.717) is 10.6 Å². The maximum absolute atomic E-state index is 12.3. The normalized spacial score (nSPS) is 10.3. The summed E-state index contributed by atoms with van der Waals surface area (Å²) in [5.41, 5.74) is 0.553. The van der Waals surface area contributed by atoms with E-state index in [4.69, 9.17) is 21.1 Å². The lowest BCUT2D eigenvalue weighted by Crippen LogP contribution is -2.16. The van der Waals surface area contributed by atoms with Crippen LogP contribution in [0.5, 0.6) is 0 Å². The van der Waals surface area contributed by atoms with Gasteiger partial charge in [-0.15, -0.1) is 23.1 Å². The standard InChI is InChI=1S/C17H16ClNO5S2/c1-9-13(16(21)23-2)15(26-14(9)17(22)24-3)19-12(20)8-25-11-7-5-4-6-10(11)18/h4-7H,8H2,1-3H3,(H,19,20). The van der Waals surface area contributed by atoms with Crippen LogP contribution in [0.3, 0.4) is 0 Å². The van der Waals surface area contributed by atoms with Gasteiger partial charge in [0.1, 0.15) is 9.88 Å². The molecule has 0 saturated heterocycles. The molecule has 0 fully saturated rings. The predicted octanol–water partition coefficient (Wildman–Crippen LogP) is 4.01. The molecular weight excluding hydrogens is 398 g/mol. The van der Waals surface area contributed by atoms with Crippen LogP contribution in [-0.4, -0.2) is 37.8 Å². The summed E-state index contributed by atoms with van der Waals surface area (Å²) < 4.78 is 9.46.